The van der Waals surface area contributed by atoms with Gasteiger partial charge in [-0.15, -0.1) is 0 Å². The molecule has 3 heterocycles. The molecule has 0 bridgehead atoms. The van der Waals surface area contributed by atoms with Gasteiger partial charge in [0.15, 0.2) is 0 Å². The number of rotatable bonds is 2. The molecule has 0 saturated carbocycles. The van der Waals surface area contributed by atoms with E-state index in [2.05, 4.69) is 14.8 Å². The zero-order valence-corrected chi connectivity index (χ0v) is 10.6. The van der Waals surface area contributed by atoms with Crippen LogP contribution in [0, 0.1) is 0 Å². The first kappa shape index (κ1) is 11.7. The molecule has 18 heavy (non-hydrogen) atoms. The van der Waals surface area contributed by atoms with Crippen LogP contribution < -0.4 is 10.6 Å². The molecule has 0 amide bonds. The molecule has 5 heteroatoms. The summed E-state index contributed by atoms with van der Waals surface area (Å²) in [6.45, 7) is 5.97. The van der Waals surface area contributed by atoms with Crippen molar-refractivity contribution in [3.8, 4) is 0 Å². The molecule has 2 fully saturated rings. The van der Waals surface area contributed by atoms with E-state index in [-0.39, 0.29) is 0 Å². The molecule has 98 valence electrons. The zero-order chi connectivity index (χ0) is 12.4. The lowest BCUT2D eigenvalue weighted by Crippen LogP contribution is -2.44. The third-order valence-electron chi connectivity index (χ3n) is 3.82. The van der Waals surface area contributed by atoms with Crippen molar-refractivity contribution in [1.29, 1.82) is 0 Å². The van der Waals surface area contributed by atoms with Gasteiger partial charge in [-0.2, -0.15) is 0 Å². The Labute approximate surface area is 108 Å². The summed E-state index contributed by atoms with van der Waals surface area (Å²) < 4.78 is 5.40. The Kier molecular flexibility index (Phi) is 3.34. The summed E-state index contributed by atoms with van der Waals surface area (Å²) in [5, 5.41) is 0. The second-order valence-electron chi connectivity index (χ2n) is 4.98. The van der Waals surface area contributed by atoms with Crippen LogP contribution in [-0.4, -0.2) is 55.3 Å². The van der Waals surface area contributed by atoms with Crippen LogP contribution in [0.5, 0.6) is 0 Å². The zero-order valence-electron chi connectivity index (χ0n) is 10.6. The fraction of sp³-hybridized carbons (Fsp3) is 0.615. The molecule has 2 aliphatic heterocycles. The van der Waals surface area contributed by atoms with E-state index in [0.717, 1.165) is 50.9 Å². The summed E-state index contributed by atoms with van der Waals surface area (Å²) >= 11 is 0. The minimum absolute atomic E-state index is 0.636. The number of nitrogens with zero attached hydrogens (tertiary/aromatic N) is 3. The van der Waals surface area contributed by atoms with Crippen LogP contribution in [-0.2, 0) is 4.74 Å². The minimum Gasteiger partial charge on any atom is -0.399 e. The number of anilines is 2. The average Bonchev–Trinajstić information content (AvgIpc) is 2.89. The first-order chi connectivity index (χ1) is 8.83. The van der Waals surface area contributed by atoms with E-state index < -0.39 is 0 Å². The highest BCUT2D eigenvalue weighted by Crippen LogP contribution is 2.23. The molecule has 1 aromatic rings. The predicted octanol–water partition coefficient (Wildman–Crippen LogP) is 0.575. The summed E-state index contributed by atoms with van der Waals surface area (Å²) in [5.74, 6) is 1.01. The number of nitrogen functional groups attached to an aromatic ring is 1. The van der Waals surface area contributed by atoms with Crippen molar-refractivity contribution in [3.05, 3.63) is 18.3 Å². The van der Waals surface area contributed by atoms with Gasteiger partial charge in [-0.3, -0.25) is 4.90 Å². The highest BCUT2D eigenvalue weighted by atomic mass is 16.5. The fourth-order valence-electron chi connectivity index (χ4n) is 2.80. The molecule has 0 aliphatic carbocycles. The number of aromatic nitrogens is 1. The Hall–Kier alpha value is -1.33. The van der Waals surface area contributed by atoms with Gasteiger partial charge in [-0.1, -0.05) is 0 Å². The van der Waals surface area contributed by atoms with Crippen LogP contribution in [0.3, 0.4) is 0 Å². The van der Waals surface area contributed by atoms with Gasteiger partial charge in [0, 0.05) is 50.2 Å². The first-order valence-electron chi connectivity index (χ1n) is 6.61. The van der Waals surface area contributed by atoms with Crippen molar-refractivity contribution in [3.63, 3.8) is 0 Å². The summed E-state index contributed by atoms with van der Waals surface area (Å²) in [6, 6.07) is 4.43. The maximum Gasteiger partial charge on any atom is 0.130 e. The smallest absolute Gasteiger partial charge is 0.130 e. The topological polar surface area (TPSA) is 54.6 Å². The Bertz CT molecular complexity index is 406. The lowest BCUT2D eigenvalue weighted by molar-refractivity contribution is 0.0209. The molecule has 2 saturated heterocycles. The maximum absolute atomic E-state index is 5.81. The van der Waals surface area contributed by atoms with Crippen LogP contribution in [0.15, 0.2) is 18.3 Å². The summed E-state index contributed by atoms with van der Waals surface area (Å²) in [6.07, 6.45) is 2.99. The second kappa shape index (κ2) is 5.12. The quantitative estimate of drug-likeness (QED) is 0.829. The molecule has 5 nitrogen and oxygen atoms in total. The standard InChI is InChI=1S/C13H20N4O/c14-11-1-3-15-13(9-11)17-4-2-12(10-17)16-5-7-18-8-6-16/h1,3,9,12H,2,4-8,10H2,(H2,14,15). The van der Waals surface area contributed by atoms with E-state index >= 15 is 0 Å². The van der Waals surface area contributed by atoms with Gasteiger partial charge in [0.05, 0.1) is 13.2 Å². The molecule has 0 spiro atoms. The van der Waals surface area contributed by atoms with Crippen molar-refractivity contribution in [2.24, 2.45) is 0 Å². The summed E-state index contributed by atoms with van der Waals surface area (Å²) in [4.78, 5) is 9.27. The van der Waals surface area contributed by atoms with Crippen LogP contribution in [0.2, 0.25) is 0 Å². The Morgan fingerprint density at radius 3 is 2.89 bits per heavy atom. The first-order valence-corrected chi connectivity index (χ1v) is 6.61. The minimum atomic E-state index is 0.636. The lowest BCUT2D eigenvalue weighted by atomic mass is 10.2. The van der Waals surface area contributed by atoms with E-state index in [1.54, 1.807) is 6.20 Å². The fourth-order valence-corrected chi connectivity index (χ4v) is 2.80. The van der Waals surface area contributed by atoms with Gasteiger partial charge >= 0.3 is 0 Å². The van der Waals surface area contributed by atoms with E-state index in [4.69, 9.17) is 10.5 Å². The SMILES string of the molecule is Nc1ccnc(N2CCC(N3CCOCC3)C2)c1. The van der Waals surface area contributed by atoms with E-state index in [0.29, 0.717) is 6.04 Å². The van der Waals surface area contributed by atoms with Crippen LogP contribution in [0.25, 0.3) is 0 Å². The van der Waals surface area contributed by atoms with Gasteiger partial charge in [0.1, 0.15) is 5.82 Å². The molecule has 3 rings (SSSR count). The van der Waals surface area contributed by atoms with Crippen LogP contribution in [0.4, 0.5) is 11.5 Å². The molecular formula is C13H20N4O. The number of morpholine rings is 1. The van der Waals surface area contributed by atoms with E-state index in [1.165, 1.54) is 6.42 Å². The Balaban J connectivity index is 1.64. The Morgan fingerprint density at radius 1 is 1.28 bits per heavy atom. The van der Waals surface area contributed by atoms with Gasteiger partial charge < -0.3 is 15.4 Å². The van der Waals surface area contributed by atoms with Crippen molar-refractivity contribution in [2.75, 3.05) is 50.0 Å². The van der Waals surface area contributed by atoms with Crippen molar-refractivity contribution in [1.82, 2.24) is 9.88 Å². The van der Waals surface area contributed by atoms with E-state index in [1.807, 2.05) is 12.1 Å². The van der Waals surface area contributed by atoms with Crippen LogP contribution in [0.1, 0.15) is 6.42 Å². The van der Waals surface area contributed by atoms with E-state index in [9.17, 15) is 0 Å². The van der Waals surface area contributed by atoms with Gasteiger partial charge in [0.25, 0.3) is 0 Å². The third-order valence-corrected chi connectivity index (χ3v) is 3.82. The molecule has 1 unspecified atom stereocenters. The average molecular weight is 248 g/mol. The summed E-state index contributed by atoms with van der Waals surface area (Å²) in [7, 11) is 0. The number of ether oxygens (including phenoxy) is 1. The van der Waals surface area contributed by atoms with Gasteiger partial charge in [0.2, 0.25) is 0 Å². The monoisotopic (exact) mass is 248 g/mol. The van der Waals surface area contributed by atoms with Gasteiger partial charge in [-0.25, -0.2) is 4.98 Å². The largest absolute Gasteiger partial charge is 0.399 e. The van der Waals surface area contributed by atoms with Crippen LogP contribution >= 0.6 is 0 Å². The summed E-state index contributed by atoms with van der Waals surface area (Å²) in [5.41, 5.74) is 6.60. The molecule has 1 aromatic heterocycles. The lowest BCUT2D eigenvalue weighted by Gasteiger charge is -2.32. The second-order valence-corrected chi connectivity index (χ2v) is 4.98. The number of nitrogens with two attached hydrogens (primary N) is 1. The molecule has 2 aliphatic rings. The number of pyridine rings is 1. The Morgan fingerprint density at radius 2 is 2.11 bits per heavy atom. The highest BCUT2D eigenvalue weighted by Gasteiger charge is 2.29. The number of hydrogen-bond donors (Lipinski definition) is 1. The molecule has 2 N–H and O–H groups in total. The van der Waals surface area contributed by atoms with Crippen molar-refractivity contribution >= 4 is 11.5 Å². The molecular weight excluding hydrogens is 228 g/mol. The maximum atomic E-state index is 5.81. The van der Waals surface area contributed by atoms with Crippen molar-refractivity contribution < 1.29 is 4.74 Å². The molecule has 1 atom stereocenters. The molecule has 0 radical (unpaired) electrons. The third kappa shape index (κ3) is 2.42. The van der Waals surface area contributed by atoms with Gasteiger partial charge in [-0.05, 0) is 12.5 Å². The molecule has 0 aromatic carbocycles. The number of hydrogen-bond acceptors (Lipinski definition) is 5. The predicted molar refractivity (Wildman–Crippen MR) is 71.7 cm³/mol. The van der Waals surface area contributed by atoms with Crippen molar-refractivity contribution in [2.45, 2.75) is 12.5 Å². The normalized spacial score (nSPS) is 25.6. The highest BCUT2D eigenvalue weighted by molar-refractivity contribution is 5.50.